The molecule has 152 valence electrons. The maximum Gasteiger partial charge on any atom is 0.295 e. The van der Waals surface area contributed by atoms with Crippen LogP contribution in [0.5, 0.6) is 11.5 Å². The molecule has 29 heavy (non-hydrogen) atoms. The molecule has 1 fully saturated rings. The van der Waals surface area contributed by atoms with Crippen molar-refractivity contribution in [2.24, 2.45) is 0 Å². The number of methoxy groups -OCH3 is 1. The molecule has 0 bridgehead atoms. The summed E-state index contributed by atoms with van der Waals surface area (Å²) in [5, 5.41) is 12.9. The Balaban J connectivity index is 1.77. The molecule has 2 aliphatic rings. The summed E-state index contributed by atoms with van der Waals surface area (Å²) in [6.07, 6.45) is 0.593. The van der Waals surface area contributed by atoms with Crippen molar-refractivity contribution in [2.75, 3.05) is 33.5 Å². The number of nitrogens with zero attached hydrogens (tertiary/aromatic N) is 1. The Hall–Kier alpha value is -2.84. The molecule has 1 N–H and O–H groups in total. The number of aliphatic hydroxyl groups excluding tert-OH is 1. The number of rotatable bonds is 6. The van der Waals surface area contributed by atoms with E-state index in [2.05, 4.69) is 0 Å². The number of hydrogen-bond donors (Lipinski definition) is 1. The topological polar surface area (TPSA) is 85.3 Å². The van der Waals surface area contributed by atoms with E-state index in [1.807, 2.05) is 17.5 Å². The molecule has 1 atom stereocenters. The van der Waals surface area contributed by atoms with Gasteiger partial charge in [-0.25, -0.2) is 0 Å². The van der Waals surface area contributed by atoms with Crippen molar-refractivity contribution in [3.05, 3.63) is 51.7 Å². The number of Topliss-reactive ketones (excluding diaryl/α,β-unsaturated/α-hetero) is 1. The lowest BCUT2D eigenvalue weighted by molar-refractivity contribution is -0.140. The number of ketones is 1. The second-order valence-corrected chi connectivity index (χ2v) is 7.69. The predicted octanol–water partition coefficient (Wildman–Crippen LogP) is 2.98. The van der Waals surface area contributed by atoms with Crippen molar-refractivity contribution < 1.29 is 28.9 Å². The number of fused-ring (bicyclic) bond motifs is 1. The minimum Gasteiger partial charge on any atom is -0.507 e. The van der Waals surface area contributed by atoms with Crippen LogP contribution in [0.2, 0.25) is 0 Å². The first-order chi connectivity index (χ1) is 14.1. The van der Waals surface area contributed by atoms with E-state index in [1.54, 1.807) is 25.3 Å². The van der Waals surface area contributed by atoms with Gasteiger partial charge in [-0.15, -0.1) is 11.3 Å². The van der Waals surface area contributed by atoms with E-state index in [1.165, 1.54) is 16.2 Å². The number of amides is 1. The molecule has 0 radical (unpaired) electrons. The smallest absolute Gasteiger partial charge is 0.295 e. The lowest BCUT2D eigenvalue weighted by Gasteiger charge is -2.24. The first-order valence-electron chi connectivity index (χ1n) is 9.32. The van der Waals surface area contributed by atoms with Crippen LogP contribution in [0.15, 0.2) is 41.3 Å². The lowest BCUT2D eigenvalue weighted by Crippen LogP contribution is -2.31. The minimum atomic E-state index is -0.687. The van der Waals surface area contributed by atoms with Crippen molar-refractivity contribution in [2.45, 2.75) is 12.5 Å². The van der Waals surface area contributed by atoms with Crippen molar-refractivity contribution >= 4 is 28.8 Å². The molecular formula is C21H21NO6S. The third-order valence-corrected chi connectivity index (χ3v) is 5.84. The lowest BCUT2D eigenvalue weighted by atomic mass is 9.99. The maximum atomic E-state index is 12.9. The Morgan fingerprint density at radius 2 is 2.03 bits per heavy atom. The van der Waals surface area contributed by atoms with Crippen LogP contribution in [0.1, 0.15) is 22.9 Å². The van der Waals surface area contributed by atoms with Gasteiger partial charge >= 0.3 is 0 Å². The molecule has 1 aromatic carbocycles. The third-order valence-electron chi connectivity index (χ3n) is 4.92. The van der Waals surface area contributed by atoms with Crippen LogP contribution in [0.3, 0.4) is 0 Å². The highest BCUT2D eigenvalue weighted by Gasteiger charge is 2.46. The summed E-state index contributed by atoms with van der Waals surface area (Å²) in [5.74, 6) is -0.426. The molecule has 2 aliphatic heterocycles. The third kappa shape index (κ3) is 3.61. The number of aliphatic hydroxyl groups is 1. The molecule has 8 heteroatoms. The summed E-state index contributed by atoms with van der Waals surface area (Å²) in [5.41, 5.74) is 0.497. The summed E-state index contributed by atoms with van der Waals surface area (Å²) in [6.45, 7) is 1.71. The average Bonchev–Trinajstić information content (AvgIpc) is 3.35. The summed E-state index contributed by atoms with van der Waals surface area (Å²) in [6, 6.07) is 8.08. The quantitative estimate of drug-likeness (QED) is 0.338. The van der Waals surface area contributed by atoms with Crippen LogP contribution in [0.25, 0.3) is 5.76 Å². The summed E-state index contributed by atoms with van der Waals surface area (Å²) >= 11 is 1.44. The normalized spacial score (nSPS) is 20.3. The van der Waals surface area contributed by atoms with Gasteiger partial charge < -0.3 is 24.2 Å². The van der Waals surface area contributed by atoms with Gasteiger partial charge in [-0.1, -0.05) is 6.07 Å². The van der Waals surface area contributed by atoms with E-state index >= 15 is 0 Å². The molecule has 1 aromatic heterocycles. The van der Waals surface area contributed by atoms with Gasteiger partial charge in [-0.2, -0.15) is 0 Å². The largest absolute Gasteiger partial charge is 0.507 e. The molecular weight excluding hydrogens is 394 g/mol. The molecule has 7 nitrogen and oxygen atoms in total. The number of carbonyl (C=O) groups is 2. The number of hydrogen-bond acceptors (Lipinski definition) is 7. The SMILES string of the molecule is COCCCN1C(=O)C(=O)/C(=C(\O)c2ccc3c(c2)OCCO3)C1c1cccs1. The van der Waals surface area contributed by atoms with E-state index < -0.39 is 17.7 Å². The molecule has 1 saturated heterocycles. The summed E-state index contributed by atoms with van der Waals surface area (Å²) in [4.78, 5) is 27.9. The molecule has 1 unspecified atom stereocenters. The van der Waals surface area contributed by atoms with Gasteiger partial charge in [0.1, 0.15) is 19.0 Å². The number of carbonyl (C=O) groups excluding carboxylic acids is 2. The van der Waals surface area contributed by atoms with E-state index in [-0.39, 0.29) is 11.3 Å². The Labute approximate surface area is 172 Å². The van der Waals surface area contributed by atoms with Crippen molar-refractivity contribution in [3.8, 4) is 11.5 Å². The van der Waals surface area contributed by atoms with Crippen molar-refractivity contribution in [3.63, 3.8) is 0 Å². The van der Waals surface area contributed by atoms with Gasteiger partial charge in [0.15, 0.2) is 11.5 Å². The van der Waals surface area contributed by atoms with Crippen molar-refractivity contribution in [1.82, 2.24) is 4.90 Å². The Kier molecular flexibility index (Phi) is 5.55. The van der Waals surface area contributed by atoms with E-state index in [0.717, 1.165) is 4.88 Å². The Morgan fingerprint density at radius 3 is 2.76 bits per heavy atom. The van der Waals surface area contributed by atoms with Crippen molar-refractivity contribution in [1.29, 1.82) is 0 Å². The van der Waals surface area contributed by atoms with Crippen LogP contribution in [0.4, 0.5) is 0 Å². The Bertz CT molecular complexity index is 952. The Morgan fingerprint density at radius 1 is 1.24 bits per heavy atom. The molecule has 1 amide bonds. The molecule has 2 aromatic rings. The molecule has 3 heterocycles. The number of ether oxygens (including phenoxy) is 3. The summed E-state index contributed by atoms with van der Waals surface area (Å²) in [7, 11) is 1.59. The molecule has 0 spiro atoms. The van der Waals surface area contributed by atoms with Gasteiger partial charge in [0.2, 0.25) is 0 Å². The van der Waals surface area contributed by atoms with Gasteiger partial charge in [0, 0.05) is 30.7 Å². The fraction of sp³-hybridized carbons (Fsp3) is 0.333. The second-order valence-electron chi connectivity index (χ2n) is 6.71. The van der Waals surface area contributed by atoms with E-state index in [4.69, 9.17) is 14.2 Å². The first-order valence-corrected chi connectivity index (χ1v) is 10.2. The minimum absolute atomic E-state index is 0.0894. The highest BCUT2D eigenvalue weighted by atomic mass is 32.1. The van der Waals surface area contributed by atoms with Crippen LogP contribution >= 0.6 is 11.3 Å². The fourth-order valence-corrected chi connectivity index (χ4v) is 4.42. The summed E-state index contributed by atoms with van der Waals surface area (Å²) < 4.78 is 16.2. The monoisotopic (exact) mass is 415 g/mol. The van der Waals surface area contributed by atoms with Crippen LogP contribution < -0.4 is 9.47 Å². The first kappa shape index (κ1) is 19.5. The number of thiophene rings is 1. The number of benzene rings is 1. The maximum absolute atomic E-state index is 12.9. The zero-order chi connectivity index (χ0) is 20.4. The highest BCUT2D eigenvalue weighted by molar-refractivity contribution is 7.10. The predicted molar refractivity (Wildman–Crippen MR) is 107 cm³/mol. The van der Waals surface area contributed by atoms with E-state index in [0.29, 0.717) is 49.8 Å². The van der Waals surface area contributed by atoms with Gasteiger partial charge in [0.25, 0.3) is 11.7 Å². The van der Waals surface area contributed by atoms with Gasteiger partial charge in [-0.05, 0) is 36.1 Å². The number of likely N-dealkylation sites (tertiary alicyclic amines) is 1. The molecule has 0 aliphatic carbocycles. The zero-order valence-corrected chi connectivity index (χ0v) is 16.7. The van der Waals surface area contributed by atoms with Gasteiger partial charge in [-0.3, -0.25) is 9.59 Å². The van der Waals surface area contributed by atoms with Crippen LogP contribution in [-0.2, 0) is 14.3 Å². The van der Waals surface area contributed by atoms with Crippen LogP contribution in [-0.4, -0.2) is 55.2 Å². The zero-order valence-electron chi connectivity index (χ0n) is 15.9. The highest BCUT2D eigenvalue weighted by Crippen LogP contribution is 2.42. The average molecular weight is 415 g/mol. The second kappa shape index (κ2) is 8.26. The van der Waals surface area contributed by atoms with E-state index in [9.17, 15) is 14.7 Å². The standard InChI is InChI=1S/C21H21NO6S/c1-26-8-3-7-22-18(16-4-2-11-29-16)17(20(24)21(22)25)19(23)13-5-6-14-15(12-13)28-10-9-27-14/h2,4-6,11-12,18,23H,3,7-10H2,1H3/b19-17-. The molecule has 4 rings (SSSR count). The van der Waals surface area contributed by atoms with Gasteiger partial charge in [0.05, 0.1) is 11.6 Å². The van der Waals surface area contributed by atoms with Crippen LogP contribution in [0, 0.1) is 0 Å². The fourth-order valence-electron chi connectivity index (χ4n) is 3.58. The molecule has 0 saturated carbocycles.